The minimum Gasteiger partial charge on any atom is -0.381 e. The monoisotopic (exact) mass is 221 g/mol. The fourth-order valence-corrected chi connectivity index (χ4v) is 3.60. The molecule has 0 saturated carbocycles. The predicted octanol–water partition coefficient (Wildman–Crippen LogP) is 0.317. The Morgan fingerprint density at radius 2 is 2.00 bits per heavy atom. The zero-order valence-corrected chi connectivity index (χ0v) is 9.42. The first-order chi connectivity index (χ1) is 6.56. The molecule has 1 aliphatic heterocycles. The van der Waals surface area contributed by atoms with Crippen molar-refractivity contribution < 1.29 is 13.2 Å². The minimum absolute atomic E-state index is 0.119. The van der Waals surface area contributed by atoms with Crippen LogP contribution in [-0.4, -0.2) is 38.7 Å². The average molecular weight is 221 g/mol. The third kappa shape index (κ3) is 3.22. The highest BCUT2D eigenvalue weighted by atomic mass is 32.2. The Morgan fingerprint density at radius 1 is 1.43 bits per heavy atom. The molecule has 5 heteroatoms. The maximum atomic E-state index is 11.8. The van der Waals surface area contributed by atoms with E-state index in [2.05, 4.69) is 0 Å². The highest BCUT2D eigenvalue weighted by Gasteiger charge is 2.28. The van der Waals surface area contributed by atoms with Crippen molar-refractivity contribution in [3.05, 3.63) is 0 Å². The number of hydrogen-bond acceptors (Lipinski definition) is 4. The molecule has 4 nitrogen and oxygen atoms in total. The van der Waals surface area contributed by atoms with Crippen LogP contribution in [0.1, 0.15) is 26.2 Å². The summed E-state index contributed by atoms with van der Waals surface area (Å²) in [6.45, 7) is 3.03. The summed E-state index contributed by atoms with van der Waals surface area (Å²) in [5.41, 5.74) is 5.66. The molecule has 1 fully saturated rings. The predicted molar refractivity (Wildman–Crippen MR) is 55.9 cm³/mol. The van der Waals surface area contributed by atoms with Crippen LogP contribution in [0.5, 0.6) is 0 Å². The zero-order valence-electron chi connectivity index (χ0n) is 8.61. The van der Waals surface area contributed by atoms with Gasteiger partial charge in [-0.3, -0.25) is 0 Å². The first kappa shape index (κ1) is 11.9. The van der Waals surface area contributed by atoms with Crippen molar-refractivity contribution in [3.63, 3.8) is 0 Å². The van der Waals surface area contributed by atoms with Crippen LogP contribution in [0.4, 0.5) is 0 Å². The van der Waals surface area contributed by atoms with E-state index in [1.807, 2.05) is 6.92 Å². The molecule has 1 saturated heterocycles. The van der Waals surface area contributed by atoms with Gasteiger partial charge in [-0.2, -0.15) is 0 Å². The van der Waals surface area contributed by atoms with Gasteiger partial charge in [0.1, 0.15) is 0 Å². The third-order valence-electron chi connectivity index (χ3n) is 2.65. The van der Waals surface area contributed by atoms with Crippen LogP contribution in [0.15, 0.2) is 0 Å². The topological polar surface area (TPSA) is 69.4 Å². The molecule has 1 aliphatic rings. The van der Waals surface area contributed by atoms with Crippen molar-refractivity contribution in [2.24, 2.45) is 5.73 Å². The second-order valence-electron chi connectivity index (χ2n) is 3.81. The van der Waals surface area contributed by atoms with Crippen molar-refractivity contribution in [2.75, 3.05) is 19.0 Å². The normalized spacial score (nSPS) is 22.1. The van der Waals surface area contributed by atoms with E-state index in [4.69, 9.17) is 10.5 Å². The molecule has 0 spiro atoms. The van der Waals surface area contributed by atoms with Crippen molar-refractivity contribution in [2.45, 2.75) is 37.5 Å². The molecular weight excluding hydrogens is 202 g/mol. The highest BCUT2D eigenvalue weighted by Crippen LogP contribution is 2.17. The molecule has 0 aromatic rings. The molecule has 0 bridgehead atoms. The Labute approximate surface area is 85.7 Å². The standard InChI is InChI=1S/C9H19NO3S/c1-2-8(10)7-14(11,12)9-3-5-13-6-4-9/h8-9H,2-7,10H2,1H3. The van der Waals surface area contributed by atoms with E-state index < -0.39 is 9.84 Å². The average Bonchev–Trinajstić information content (AvgIpc) is 2.18. The maximum Gasteiger partial charge on any atom is 0.154 e. The summed E-state index contributed by atoms with van der Waals surface area (Å²) < 4.78 is 28.8. The van der Waals surface area contributed by atoms with E-state index in [1.165, 1.54) is 0 Å². The van der Waals surface area contributed by atoms with Gasteiger partial charge >= 0.3 is 0 Å². The highest BCUT2D eigenvalue weighted by molar-refractivity contribution is 7.92. The molecule has 84 valence electrons. The van der Waals surface area contributed by atoms with Gasteiger partial charge in [-0.1, -0.05) is 6.92 Å². The molecule has 0 aromatic carbocycles. The Morgan fingerprint density at radius 3 is 2.50 bits per heavy atom. The number of sulfone groups is 1. The van der Waals surface area contributed by atoms with Gasteiger partial charge in [0.05, 0.1) is 11.0 Å². The van der Waals surface area contributed by atoms with Gasteiger partial charge in [-0.05, 0) is 19.3 Å². The fourth-order valence-electron chi connectivity index (χ4n) is 1.59. The SMILES string of the molecule is CCC(N)CS(=O)(=O)C1CCOCC1. The largest absolute Gasteiger partial charge is 0.381 e. The third-order valence-corrected chi connectivity index (χ3v) is 5.03. The van der Waals surface area contributed by atoms with E-state index in [9.17, 15) is 8.42 Å². The molecule has 1 heterocycles. The summed E-state index contributed by atoms with van der Waals surface area (Å²) in [4.78, 5) is 0. The summed E-state index contributed by atoms with van der Waals surface area (Å²) in [6, 6.07) is -0.220. The molecule has 1 unspecified atom stereocenters. The second kappa shape index (κ2) is 5.09. The van der Waals surface area contributed by atoms with Crippen LogP contribution in [-0.2, 0) is 14.6 Å². The van der Waals surface area contributed by atoms with Crippen LogP contribution in [0.25, 0.3) is 0 Å². The molecule has 1 atom stereocenters. The lowest BCUT2D eigenvalue weighted by atomic mass is 10.2. The molecule has 1 rings (SSSR count). The molecule has 0 aliphatic carbocycles. The summed E-state index contributed by atoms with van der Waals surface area (Å²) in [6.07, 6.45) is 1.96. The lowest BCUT2D eigenvalue weighted by molar-refractivity contribution is 0.0983. The van der Waals surface area contributed by atoms with Crippen LogP contribution in [0.3, 0.4) is 0 Å². The second-order valence-corrected chi connectivity index (χ2v) is 6.14. The van der Waals surface area contributed by atoms with E-state index in [1.54, 1.807) is 0 Å². The Hall–Kier alpha value is -0.130. The van der Waals surface area contributed by atoms with E-state index in [0.717, 1.165) is 0 Å². The van der Waals surface area contributed by atoms with E-state index in [-0.39, 0.29) is 17.0 Å². The van der Waals surface area contributed by atoms with E-state index >= 15 is 0 Å². The van der Waals surface area contributed by atoms with Gasteiger partial charge in [0.15, 0.2) is 9.84 Å². The van der Waals surface area contributed by atoms with Crippen LogP contribution in [0.2, 0.25) is 0 Å². The molecule has 0 radical (unpaired) electrons. The van der Waals surface area contributed by atoms with Crippen molar-refractivity contribution >= 4 is 9.84 Å². The summed E-state index contributed by atoms with van der Waals surface area (Å²) in [5.74, 6) is 0.119. The maximum absolute atomic E-state index is 11.8. The van der Waals surface area contributed by atoms with Crippen molar-refractivity contribution in [1.82, 2.24) is 0 Å². The zero-order chi connectivity index (χ0) is 10.6. The summed E-state index contributed by atoms with van der Waals surface area (Å²) in [5, 5.41) is -0.228. The first-order valence-electron chi connectivity index (χ1n) is 5.11. The van der Waals surface area contributed by atoms with Crippen molar-refractivity contribution in [3.8, 4) is 0 Å². The van der Waals surface area contributed by atoms with Gasteiger partial charge in [0.2, 0.25) is 0 Å². The van der Waals surface area contributed by atoms with Crippen LogP contribution in [0, 0.1) is 0 Å². The molecule has 2 N–H and O–H groups in total. The lowest BCUT2D eigenvalue weighted by Gasteiger charge is -2.23. The molecular formula is C9H19NO3S. The van der Waals surface area contributed by atoms with Crippen LogP contribution >= 0.6 is 0 Å². The van der Waals surface area contributed by atoms with Gasteiger partial charge in [-0.15, -0.1) is 0 Å². The molecule has 0 aromatic heterocycles. The Bertz CT molecular complexity index is 257. The van der Waals surface area contributed by atoms with Gasteiger partial charge in [-0.25, -0.2) is 8.42 Å². The smallest absolute Gasteiger partial charge is 0.154 e. The number of ether oxygens (including phenoxy) is 1. The van der Waals surface area contributed by atoms with Crippen molar-refractivity contribution in [1.29, 1.82) is 0 Å². The Balaban J connectivity index is 2.54. The quantitative estimate of drug-likeness (QED) is 0.742. The first-order valence-corrected chi connectivity index (χ1v) is 6.82. The summed E-state index contributed by atoms with van der Waals surface area (Å²) >= 11 is 0. The van der Waals surface area contributed by atoms with Crippen LogP contribution < -0.4 is 5.73 Å². The Kier molecular flexibility index (Phi) is 4.34. The molecule has 14 heavy (non-hydrogen) atoms. The summed E-state index contributed by atoms with van der Waals surface area (Å²) in [7, 11) is -3.00. The van der Waals surface area contributed by atoms with Gasteiger partial charge < -0.3 is 10.5 Å². The molecule has 0 amide bonds. The lowest BCUT2D eigenvalue weighted by Crippen LogP contribution is -2.37. The van der Waals surface area contributed by atoms with E-state index in [0.29, 0.717) is 32.5 Å². The minimum atomic E-state index is -3.00. The fraction of sp³-hybridized carbons (Fsp3) is 1.00. The van der Waals surface area contributed by atoms with Gasteiger partial charge in [0.25, 0.3) is 0 Å². The number of nitrogens with two attached hydrogens (primary N) is 1. The van der Waals surface area contributed by atoms with Gasteiger partial charge in [0, 0.05) is 19.3 Å². The number of rotatable bonds is 4. The number of hydrogen-bond donors (Lipinski definition) is 1.